The van der Waals surface area contributed by atoms with E-state index in [-0.39, 0.29) is 16.7 Å². The maximum atomic E-state index is 12.6. The number of fused-ring (bicyclic) bond motifs is 1. The molecule has 3 rings (SSSR count). The van der Waals surface area contributed by atoms with Crippen LogP contribution >= 0.6 is 11.8 Å². The molecule has 2 amide bonds. The second kappa shape index (κ2) is 5.96. The highest BCUT2D eigenvalue weighted by atomic mass is 32.2. The van der Waals surface area contributed by atoms with Crippen molar-refractivity contribution in [2.45, 2.75) is 30.7 Å². The minimum atomic E-state index is -0.433. The zero-order valence-corrected chi connectivity index (χ0v) is 14.2. The Balaban J connectivity index is 1.78. The maximum Gasteiger partial charge on any atom is 0.248 e. The van der Waals surface area contributed by atoms with Crippen molar-refractivity contribution in [2.75, 3.05) is 25.3 Å². The van der Waals surface area contributed by atoms with E-state index in [4.69, 9.17) is 9.47 Å². The van der Waals surface area contributed by atoms with E-state index < -0.39 is 6.04 Å². The van der Waals surface area contributed by atoms with Gasteiger partial charge < -0.3 is 19.7 Å². The number of carbonyl (C=O) groups is 2. The summed E-state index contributed by atoms with van der Waals surface area (Å²) in [6, 6.07) is 4.76. The average molecular weight is 336 g/mol. The van der Waals surface area contributed by atoms with Crippen molar-refractivity contribution in [3.63, 3.8) is 0 Å². The highest BCUT2D eigenvalue weighted by molar-refractivity contribution is 8.01. The van der Waals surface area contributed by atoms with E-state index in [1.807, 2.05) is 6.92 Å². The zero-order valence-electron chi connectivity index (χ0n) is 13.4. The van der Waals surface area contributed by atoms with Crippen LogP contribution in [0.25, 0.3) is 0 Å². The summed E-state index contributed by atoms with van der Waals surface area (Å²) in [5.41, 5.74) is 0.594. The largest absolute Gasteiger partial charge is 0.497 e. The van der Waals surface area contributed by atoms with Gasteiger partial charge in [0.2, 0.25) is 11.8 Å². The molecule has 0 saturated carbocycles. The minimum Gasteiger partial charge on any atom is -0.497 e. The van der Waals surface area contributed by atoms with Gasteiger partial charge in [-0.15, -0.1) is 11.8 Å². The zero-order chi connectivity index (χ0) is 16.6. The van der Waals surface area contributed by atoms with Crippen LogP contribution in [0.1, 0.15) is 19.8 Å². The summed E-state index contributed by atoms with van der Waals surface area (Å²) in [6.45, 7) is 2.03. The van der Waals surface area contributed by atoms with E-state index in [0.29, 0.717) is 29.4 Å². The van der Waals surface area contributed by atoms with Crippen LogP contribution in [0.4, 0.5) is 5.69 Å². The van der Waals surface area contributed by atoms with Gasteiger partial charge in [0.05, 0.1) is 19.1 Å². The fourth-order valence-electron chi connectivity index (χ4n) is 3.12. The van der Waals surface area contributed by atoms with Gasteiger partial charge in [-0.05, 0) is 13.3 Å². The number of ether oxygens (including phenoxy) is 2. The molecule has 1 N–H and O–H groups in total. The molecule has 0 unspecified atom stereocenters. The number of carbonyl (C=O) groups excluding carboxylic acids is 2. The Kier molecular flexibility index (Phi) is 4.14. The number of hydrogen-bond donors (Lipinski definition) is 1. The van der Waals surface area contributed by atoms with E-state index in [1.54, 1.807) is 49.1 Å². The third-order valence-electron chi connectivity index (χ3n) is 4.37. The summed E-state index contributed by atoms with van der Waals surface area (Å²) in [4.78, 5) is 26.3. The topological polar surface area (TPSA) is 67.9 Å². The number of nitrogens with one attached hydrogen (secondary N) is 1. The Bertz CT molecular complexity index is 629. The third-order valence-corrected chi connectivity index (χ3v) is 5.87. The number of methoxy groups -OCH3 is 2. The Morgan fingerprint density at radius 1 is 1.30 bits per heavy atom. The Morgan fingerprint density at radius 2 is 1.96 bits per heavy atom. The second-order valence-electron chi connectivity index (χ2n) is 5.86. The fourth-order valence-corrected chi connectivity index (χ4v) is 4.55. The first-order chi connectivity index (χ1) is 11.0. The van der Waals surface area contributed by atoms with Crippen LogP contribution in [0.5, 0.6) is 11.5 Å². The molecule has 2 heterocycles. The maximum absolute atomic E-state index is 12.6. The standard InChI is InChI=1S/C16H20N2O4S/c1-16-5-4-14(19)18(16)13(9-23-16)15(20)17-10-6-11(21-2)8-12(7-10)22-3/h6-8,13H,4-5,9H2,1-3H3,(H,17,20)/t13-,16-/m1/s1. The average Bonchev–Trinajstić information content (AvgIpc) is 3.03. The van der Waals surface area contributed by atoms with Crippen molar-refractivity contribution in [3.05, 3.63) is 18.2 Å². The molecule has 2 aliphatic rings. The van der Waals surface area contributed by atoms with Crippen molar-refractivity contribution in [2.24, 2.45) is 0 Å². The predicted molar refractivity (Wildman–Crippen MR) is 88.9 cm³/mol. The molecule has 1 aromatic rings. The van der Waals surface area contributed by atoms with Gasteiger partial charge in [0.25, 0.3) is 0 Å². The van der Waals surface area contributed by atoms with E-state index in [2.05, 4.69) is 5.32 Å². The molecule has 0 bridgehead atoms. The first kappa shape index (κ1) is 16.0. The number of nitrogens with zero attached hydrogens (tertiary/aromatic N) is 1. The Labute approximate surface area is 139 Å². The van der Waals surface area contributed by atoms with Crippen molar-refractivity contribution in [1.29, 1.82) is 0 Å². The highest BCUT2D eigenvalue weighted by Gasteiger charge is 2.52. The van der Waals surface area contributed by atoms with E-state index in [1.165, 1.54) is 0 Å². The molecule has 6 nitrogen and oxygen atoms in total. The van der Waals surface area contributed by atoms with Crippen LogP contribution in [0.3, 0.4) is 0 Å². The van der Waals surface area contributed by atoms with E-state index in [9.17, 15) is 9.59 Å². The second-order valence-corrected chi connectivity index (χ2v) is 7.36. The summed E-state index contributed by atoms with van der Waals surface area (Å²) < 4.78 is 10.4. The van der Waals surface area contributed by atoms with Gasteiger partial charge in [-0.3, -0.25) is 9.59 Å². The quantitative estimate of drug-likeness (QED) is 0.912. The molecule has 124 valence electrons. The first-order valence-electron chi connectivity index (χ1n) is 7.47. The Hall–Kier alpha value is -1.89. The van der Waals surface area contributed by atoms with Gasteiger partial charge in [0, 0.05) is 36.1 Å². The molecule has 2 fully saturated rings. The van der Waals surface area contributed by atoms with Gasteiger partial charge >= 0.3 is 0 Å². The number of benzene rings is 1. The minimum absolute atomic E-state index is 0.0564. The lowest BCUT2D eigenvalue weighted by atomic mass is 10.2. The molecule has 2 atom stereocenters. The van der Waals surface area contributed by atoms with Crippen molar-refractivity contribution >= 4 is 29.3 Å². The lowest BCUT2D eigenvalue weighted by Crippen LogP contribution is -2.48. The van der Waals surface area contributed by atoms with Crippen LogP contribution in [0.15, 0.2) is 18.2 Å². The van der Waals surface area contributed by atoms with Crippen LogP contribution in [0, 0.1) is 0 Å². The summed E-state index contributed by atoms with van der Waals surface area (Å²) in [7, 11) is 3.12. The summed E-state index contributed by atoms with van der Waals surface area (Å²) in [5, 5.41) is 2.88. The van der Waals surface area contributed by atoms with Crippen molar-refractivity contribution < 1.29 is 19.1 Å². The number of amides is 2. The molecule has 23 heavy (non-hydrogen) atoms. The number of thioether (sulfide) groups is 1. The van der Waals surface area contributed by atoms with Gasteiger partial charge in [-0.1, -0.05) is 0 Å². The fraction of sp³-hybridized carbons (Fsp3) is 0.500. The van der Waals surface area contributed by atoms with Crippen LogP contribution in [0.2, 0.25) is 0 Å². The molecule has 0 aliphatic carbocycles. The smallest absolute Gasteiger partial charge is 0.248 e. The van der Waals surface area contributed by atoms with Gasteiger partial charge in [0.1, 0.15) is 17.5 Å². The molecule has 0 radical (unpaired) electrons. The molecule has 7 heteroatoms. The van der Waals surface area contributed by atoms with Gasteiger partial charge in [-0.2, -0.15) is 0 Å². The molecule has 0 aromatic heterocycles. The van der Waals surface area contributed by atoms with Crippen LogP contribution in [-0.4, -0.2) is 47.6 Å². The molecule has 2 saturated heterocycles. The number of hydrogen-bond acceptors (Lipinski definition) is 5. The first-order valence-corrected chi connectivity index (χ1v) is 8.45. The van der Waals surface area contributed by atoms with Crippen molar-refractivity contribution in [3.8, 4) is 11.5 Å². The predicted octanol–water partition coefficient (Wildman–Crippen LogP) is 2.10. The monoisotopic (exact) mass is 336 g/mol. The van der Waals surface area contributed by atoms with Crippen molar-refractivity contribution in [1.82, 2.24) is 4.90 Å². The molecule has 1 aromatic carbocycles. The summed E-state index contributed by atoms with van der Waals surface area (Å²) >= 11 is 1.68. The van der Waals surface area contributed by atoms with Crippen LogP contribution < -0.4 is 14.8 Å². The van der Waals surface area contributed by atoms with Gasteiger partial charge in [-0.25, -0.2) is 0 Å². The molecule has 0 spiro atoms. The lowest BCUT2D eigenvalue weighted by Gasteiger charge is -2.29. The summed E-state index contributed by atoms with van der Waals surface area (Å²) in [5.74, 6) is 1.70. The van der Waals surface area contributed by atoms with E-state index >= 15 is 0 Å². The highest BCUT2D eigenvalue weighted by Crippen LogP contribution is 2.47. The lowest BCUT2D eigenvalue weighted by molar-refractivity contribution is -0.135. The SMILES string of the molecule is COc1cc(NC(=O)[C@H]2CS[C@]3(C)CCC(=O)N23)cc(OC)c1. The van der Waals surface area contributed by atoms with Crippen LogP contribution in [-0.2, 0) is 9.59 Å². The number of anilines is 1. The van der Waals surface area contributed by atoms with E-state index in [0.717, 1.165) is 6.42 Å². The summed E-state index contributed by atoms with van der Waals surface area (Å²) in [6.07, 6.45) is 1.31. The van der Waals surface area contributed by atoms with Gasteiger partial charge in [0.15, 0.2) is 0 Å². The number of rotatable bonds is 4. The Morgan fingerprint density at radius 3 is 2.57 bits per heavy atom. The molecular weight excluding hydrogens is 316 g/mol. The molecular formula is C16H20N2O4S. The molecule has 2 aliphatic heterocycles. The normalized spacial score (nSPS) is 26.1. The third kappa shape index (κ3) is 2.85.